The highest BCUT2D eigenvalue weighted by Crippen LogP contribution is 2.44. The summed E-state index contributed by atoms with van der Waals surface area (Å²) >= 11 is 0. The summed E-state index contributed by atoms with van der Waals surface area (Å²) in [5.74, 6) is -0.226. The minimum absolute atomic E-state index is 0.155. The van der Waals surface area contributed by atoms with Crippen LogP contribution < -0.4 is 10.1 Å². The second kappa shape index (κ2) is 9.23. The Balaban J connectivity index is 1.78. The molecule has 4 rings (SSSR count). The van der Waals surface area contributed by atoms with Crippen molar-refractivity contribution in [1.82, 2.24) is 9.97 Å². The Labute approximate surface area is 200 Å². The van der Waals surface area contributed by atoms with Gasteiger partial charge in [-0.05, 0) is 51.7 Å². The van der Waals surface area contributed by atoms with Crippen molar-refractivity contribution in [3.63, 3.8) is 0 Å². The number of rotatable bonds is 5. The average Bonchev–Trinajstić information content (AvgIpc) is 2.79. The zero-order valence-electron chi connectivity index (χ0n) is 19.6. The van der Waals surface area contributed by atoms with Gasteiger partial charge in [0.05, 0.1) is 35.9 Å². The molecular formula is C25H27F4N3O3. The molecule has 1 aromatic heterocycles. The molecule has 6 nitrogen and oxygen atoms in total. The number of alkyl halides is 3. The summed E-state index contributed by atoms with van der Waals surface area (Å²) in [6.45, 7) is 3.21. The molecule has 3 N–H and O–H groups in total. The first-order chi connectivity index (χ1) is 16.4. The molecule has 0 spiro atoms. The zero-order valence-corrected chi connectivity index (χ0v) is 19.6. The van der Waals surface area contributed by atoms with Crippen molar-refractivity contribution in [2.24, 2.45) is 0 Å². The fourth-order valence-electron chi connectivity index (χ4n) is 4.65. The van der Waals surface area contributed by atoms with Gasteiger partial charge in [-0.15, -0.1) is 0 Å². The maximum atomic E-state index is 14.7. The monoisotopic (exact) mass is 493 g/mol. The number of benzene rings is 2. The summed E-state index contributed by atoms with van der Waals surface area (Å²) in [7, 11) is 1.48. The van der Waals surface area contributed by atoms with Gasteiger partial charge < -0.3 is 20.3 Å². The summed E-state index contributed by atoms with van der Waals surface area (Å²) in [5, 5.41) is 24.8. The third kappa shape index (κ3) is 4.90. The van der Waals surface area contributed by atoms with E-state index < -0.39 is 35.3 Å². The molecule has 0 radical (unpaired) electrons. The van der Waals surface area contributed by atoms with E-state index in [0.717, 1.165) is 0 Å². The molecule has 0 saturated heterocycles. The number of nitrogens with zero attached hydrogens (tertiary/aromatic N) is 2. The van der Waals surface area contributed by atoms with Gasteiger partial charge >= 0.3 is 6.18 Å². The third-order valence-corrected chi connectivity index (χ3v) is 6.57. The van der Waals surface area contributed by atoms with Gasteiger partial charge in [-0.25, -0.2) is 14.4 Å². The Morgan fingerprint density at radius 3 is 2.49 bits per heavy atom. The quantitative estimate of drug-likeness (QED) is 0.413. The topological polar surface area (TPSA) is 87.5 Å². The van der Waals surface area contributed by atoms with Gasteiger partial charge in [-0.3, -0.25) is 0 Å². The van der Waals surface area contributed by atoms with Gasteiger partial charge in [0, 0.05) is 22.6 Å². The van der Waals surface area contributed by atoms with E-state index in [1.165, 1.54) is 19.2 Å². The standard InChI is InChI=1S/C25H27F4N3O3/c1-13(16-5-4-6-18(22(16)26)25(27,28)29)30-23-17-11-19(24(34)9-7-15(33)8-10-24)21(35-3)12-20(17)31-14(2)32-23/h4-6,11-13,15,33-34H,7-10H2,1-3H3,(H,30,31,32)/t13-,15-,24+/m1/s1. The van der Waals surface area contributed by atoms with Crippen LogP contribution in [-0.2, 0) is 11.8 Å². The molecule has 1 heterocycles. The number of ether oxygens (including phenoxy) is 1. The van der Waals surface area contributed by atoms with Crippen LogP contribution in [0, 0.1) is 12.7 Å². The largest absolute Gasteiger partial charge is 0.496 e. The summed E-state index contributed by atoms with van der Waals surface area (Å²) < 4.78 is 59.9. The summed E-state index contributed by atoms with van der Waals surface area (Å²) in [6.07, 6.45) is -3.77. The molecular weight excluding hydrogens is 466 g/mol. The molecule has 1 saturated carbocycles. The molecule has 35 heavy (non-hydrogen) atoms. The van der Waals surface area contributed by atoms with Crippen molar-refractivity contribution in [2.45, 2.75) is 63.5 Å². The number of aliphatic hydroxyl groups is 2. The number of hydrogen-bond donors (Lipinski definition) is 3. The zero-order chi connectivity index (χ0) is 25.5. The molecule has 0 aliphatic heterocycles. The van der Waals surface area contributed by atoms with Crippen LogP contribution in [-0.4, -0.2) is 33.4 Å². The second-order valence-electron chi connectivity index (χ2n) is 9.02. The molecule has 0 unspecified atom stereocenters. The highest BCUT2D eigenvalue weighted by Gasteiger charge is 2.38. The number of halogens is 4. The summed E-state index contributed by atoms with van der Waals surface area (Å²) in [5.41, 5.74) is -1.72. The lowest BCUT2D eigenvalue weighted by atomic mass is 9.78. The third-order valence-electron chi connectivity index (χ3n) is 6.57. The van der Waals surface area contributed by atoms with Crippen molar-refractivity contribution < 1.29 is 32.5 Å². The highest BCUT2D eigenvalue weighted by molar-refractivity contribution is 5.91. The SMILES string of the molecule is COc1cc2nc(C)nc(N[C@H](C)c3cccc(C(F)(F)F)c3F)c2cc1[C@]1(O)CC[C@@H](O)CC1. The first kappa shape index (κ1) is 25.1. The Morgan fingerprint density at radius 2 is 1.86 bits per heavy atom. The average molecular weight is 494 g/mol. The Bertz CT molecular complexity index is 1240. The van der Waals surface area contributed by atoms with E-state index in [-0.39, 0.29) is 5.56 Å². The number of methoxy groups -OCH3 is 1. The predicted octanol–water partition coefficient (Wildman–Crippen LogP) is 5.40. The van der Waals surface area contributed by atoms with Crippen molar-refractivity contribution in [3.8, 4) is 5.75 Å². The molecule has 2 aromatic carbocycles. The number of hydrogen-bond acceptors (Lipinski definition) is 6. The van der Waals surface area contributed by atoms with E-state index in [1.54, 1.807) is 26.0 Å². The van der Waals surface area contributed by atoms with E-state index in [9.17, 15) is 27.8 Å². The fraction of sp³-hybridized carbons (Fsp3) is 0.440. The van der Waals surface area contributed by atoms with E-state index in [4.69, 9.17) is 4.74 Å². The molecule has 0 bridgehead atoms. The first-order valence-corrected chi connectivity index (χ1v) is 11.3. The lowest BCUT2D eigenvalue weighted by Crippen LogP contribution is -2.33. The van der Waals surface area contributed by atoms with Crippen molar-refractivity contribution in [2.75, 3.05) is 12.4 Å². The number of aromatic nitrogens is 2. The minimum Gasteiger partial charge on any atom is -0.496 e. The molecule has 188 valence electrons. The van der Waals surface area contributed by atoms with Gasteiger partial charge in [0.2, 0.25) is 0 Å². The van der Waals surface area contributed by atoms with E-state index in [0.29, 0.717) is 65.6 Å². The Morgan fingerprint density at radius 1 is 1.17 bits per heavy atom. The van der Waals surface area contributed by atoms with E-state index in [1.807, 2.05) is 0 Å². The lowest BCUT2D eigenvalue weighted by Gasteiger charge is -2.35. The van der Waals surface area contributed by atoms with Crippen LogP contribution in [0.25, 0.3) is 10.9 Å². The number of nitrogens with one attached hydrogen (secondary N) is 1. The maximum Gasteiger partial charge on any atom is 0.419 e. The lowest BCUT2D eigenvalue weighted by molar-refractivity contribution is -0.140. The number of aryl methyl sites for hydroxylation is 1. The van der Waals surface area contributed by atoms with Crippen molar-refractivity contribution >= 4 is 16.7 Å². The predicted molar refractivity (Wildman–Crippen MR) is 123 cm³/mol. The summed E-state index contributed by atoms with van der Waals surface area (Å²) in [4.78, 5) is 8.85. The van der Waals surface area contributed by atoms with Gasteiger partial charge in [-0.1, -0.05) is 12.1 Å². The fourth-order valence-corrected chi connectivity index (χ4v) is 4.65. The number of anilines is 1. The minimum atomic E-state index is -4.81. The van der Waals surface area contributed by atoms with Crippen LogP contribution in [0.1, 0.15) is 61.2 Å². The molecule has 1 aliphatic rings. The molecule has 1 aliphatic carbocycles. The molecule has 0 amide bonds. The maximum absolute atomic E-state index is 14.7. The van der Waals surface area contributed by atoms with Crippen molar-refractivity contribution in [1.29, 1.82) is 0 Å². The molecule has 1 atom stereocenters. The Kier molecular flexibility index (Phi) is 6.63. The van der Waals surface area contributed by atoms with Gasteiger partial charge in [0.25, 0.3) is 0 Å². The van der Waals surface area contributed by atoms with Gasteiger partial charge in [-0.2, -0.15) is 13.2 Å². The molecule has 3 aromatic rings. The van der Waals surface area contributed by atoms with Crippen LogP contribution >= 0.6 is 0 Å². The van der Waals surface area contributed by atoms with Crippen LogP contribution in [0.5, 0.6) is 5.75 Å². The Hall–Kier alpha value is -2.98. The van der Waals surface area contributed by atoms with E-state index >= 15 is 0 Å². The normalized spacial score (nSPS) is 21.7. The van der Waals surface area contributed by atoms with Crippen molar-refractivity contribution in [3.05, 3.63) is 58.7 Å². The second-order valence-corrected chi connectivity index (χ2v) is 9.02. The first-order valence-electron chi connectivity index (χ1n) is 11.3. The number of aliphatic hydroxyl groups excluding tert-OH is 1. The van der Waals surface area contributed by atoms with Gasteiger partial charge in [0.1, 0.15) is 23.2 Å². The van der Waals surface area contributed by atoms with Crippen LogP contribution in [0.15, 0.2) is 30.3 Å². The number of fused-ring (bicyclic) bond motifs is 1. The van der Waals surface area contributed by atoms with Gasteiger partial charge in [0.15, 0.2) is 0 Å². The van der Waals surface area contributed by atoms with Crippen LogP contribution in [0.2, 0.25) is 0 Å². The van der Waals surface area contributed by atoms with Crippen LogP contribution in [0.4, 0.5) is 23.4 Å². The highest BCUT2D eigenvalue weighted by atomic mass is 19.4. The molecule has 10 heteroatoms. The van der Waals surface area contributed by atoms with Crippen LogP contribution in [0.3, 0.4) is 0 Å². The smallest absolute Gasteiger partial charge is 0.419 e. The summed E-state index contributed by atoms with van der Waals surface area (Å²) in [6, 6.07) is 5.68. The van der Waals surface area contributed by atoms with E-state index in [2.05, 4.69) is 15.3 Å². The molecule has 1 fully saturated rings.